The number of nitrogens with one attached hydrogen (secondary N) is 1. The van der Waals surface area contributed by atoms with Gasteiger partial charge < -0.3 is 10.4 Å². The van der Waals surface area contributed by atoms with Crippen LogP contribution in [-0.4, -0.2) is 17.6 Å². The first-order valence-corrected chi connectivity index (χ1v) is 6.66. The van der Waals surface area contributed by atoms with Gasteiger partial charge >= 0.3 is 5.97 Å². The van der Waals surface area contributed by atoms with Crippen molar-refractivity contribution in [3.05, 3.63) is 33.3 Å². The highest BCUT2D eigenvalue weighted by Gasteiger charge is 2.25. The highest BCUT2D eigenvalue weighted by atomic mass is 79.9. The Balaban J connectivity index is 2.12. The van der Waals surface area contributed by atoms with Crippen LogP contribution in [0, 0.1) is 5.92 Å². The van der Waals surface area contributed by atoms with Crippen LogP contribution in [0.3, 0.4) is 0 Å². The number of carboxylic acid groups (broad SMARTS) is 1. The van der Waals surface area contributed by atoms with Crippen LogP contribution in [0.2, 0.25) is 5.02 Å². The van der Waals surface area contributed by atoms with Crippen LogP contribution >= 0.6 is 27.5 Å². The lowest BCUT2D eigenvalue weighted by molar-refractivity contribution is -0.139. The monoisotopic (exact) mass is 317 g/mol. The highest BCUT2D eigenvalue weighted by Crippen LogP contribution is 2.30. The largest absolute Gasteiger partial charge is 0.480 e. The number of rotatable bonds is 5. The van der Waals surface area contributed by atoms with Crippen molar-refractivity contribution < 1.29 is 9.90 Å². The maximum Gasteiger partial charge on any atom is 0.325 e. The Morgan fingerprint density at radius 1 is 1.59 bits per heavy atom. The second-order valence-electron chi connectivity index (χ2n) is 4.30. The van der Waals surface area contributed by atoms with Crippen molar-refractivity contribution in [2.24, 2.45) is 5.92 Å². The molecular formula is C12H13BrClNO2. The Bertz CT molecular complexity index is 435. The Morgan fingerprint density at radius 3 is 2.82 bits per heavy atom. The molecule has 0 spiro atoms. The van der Waals surface area contributed by atoms with Crippen molar-refractivity contribution in [2.75, 3.05) is 6.54 Å². The Kier molecular flexibility index (Phi) is 4.07. The number of aliphatic carboxylic acids is 1. The van der Waals surface area contributed by atoms with E-state index >= 15 is 0 Å². The van der Waals surface area contributed by atoms with Gasteiger partial charge in [0.15, 0.2) is 0 Å². The fourth-order valence-corrected chi connectivity index (χ4v) is 2.16. The third-order valence-electron chi connectivity index (χ3n) is 2.83. The molecule has 0 bridgehead atoms. The van der Waals surface area contributed by atoms with Gasteiger partial charge in [-0.1, -0.05) is 17.7 Å². The van der Waals surface area contributed by atoms with Gasteiger partial charge in [0.25, 0.3) is 0 Å². The SMILES string of the molecule is O=C(O)C(NCC1CC1)c1ccc(Cl)c(Br)c1. The molecule has 0 aromatic heterocycles. The van der Waals surface area contributed by atoms with Crippen molar-refractivity contribution in [3.63, 3.8) is 0 Å². The van der Waals surface area contributed by atoms with Gasteiger partial charge in [0.2, 0.25) is 0 Å². The highest BCUT2D eigenvalue weighted by molar-refractivity contribution is 9.10. The first-order chi connectivity index (χ1) is 8.08. The van der Waals surface area contributed by atoms with E-state index in [-0.39, 0.29) is 0 Å². The van der Waals surface area contributed by atoms with Crippen molar-refractivity contribution in [3.8, 4) is 0 Å². The number of hydrogen-bond acceptors (Lipinski definition) is 2. The summed E-state index contributed by atoms with van der Waals surface area (Å²) in [5, 5.41) is 12.9. The van der Waals surface area contributed by atoms with E-state index in [4.69, 9.17) is 11.6 Å². The van der Waals surface area contributed by atoms with Crippen molar-refractivity contribution in [2.45, 2.75) is 18.9 Å². The van der Waals surface area contributed by atoms with Gasteiger partial charge in [0.05, 0.1) is 5.02 Å². The third kappa shape index (κ3) is 3.44. The van der Waals surface area contributed by atoms with Crippen LogP contribution in [0.5, 0.6) is 0 Å². The molecule has 0 radical (unpaired) electrons. The maximum absolute atomic E-state index is 11.2. The first-order valence-electron chi connectivity index (χ1n) is 5.49. The topological polar surface area (TPSA) is 49.3 Å². The average molecular weight is 319 g/mol. The molecule has 0 amide bonds. The number of benzene rings is 1. The third-order valence-corrected chi connectivity index (χ3v) is 4.05. The predicted octanol–water partition coefficient (Wildman–Crippen LogP) is 3.23. The maximum atomic E-state index is 11.2. The molecule has 1 atom stereocenters. The molecule has 0 heterocycles. The van der Waals surface area contributed by atoms with Gasteiger partial charge in [-0.2, -0.15) is 0 Å². The standard InChI is InChI=1S/C12H13BrClNO2/c13-9-5-8(3-4-10(9)14)11(12(16)17)15-6-7-1-2-7/h3-5,7,11,15H,1-2,6H2,(H,16,17). The predicted molar refractivity (Wildman–Crippen MR) is 70.3 cm³/mol. The first kappa shape index (κ1) is 12.9. The Hall–Kier alpha value is -0.580. The molecule has 0 saturated heterocycles. The molecule has 5 heteroatoms. The zero-order valence-corrected chi connectivity index (χ0v) is 11.5. The smallest absolute Gasteiger partial charge is 0.325 e. The molecule has 1 aromatic rings. The normalized spacial score (nSPS) is 16.8. The van der Waals surface area contributed by atoms with Crippen molar-refractivity contribution in [1.29, 1.82) is 0 Å². The van der Waals surface area contributed by atoms with Crippen molar-refractivity contribution >= 4 is 33.5 Å². The second-order valence-corrected chi connectivity index (χ2v) is 5.56. The lowest BCUT2D eigenvalue weighted by atomic mass is 10.1. The van der Waals surface area contributed by atoms with Gasteiger partial charge in [-0.3, -0.25) is 4.79 Å². The van der Waals surface area contributed by atoms with Crippen LogP contribution in [0.4, 0.5) is 0 Å². The lowest BCUT2D eigenvalue weighted by Gasteiger charge is -2.15. The summed E-state index contributed by atoms with van der Waals surface area (Å²) in [6, 6.07) is 4.53. The van der Waals surface area contributed by atoms with Gasteiger partial charge in [0, 0.05) is 4.47 Å². The summed E-state index contributed by atoms with van der Waals surface area (Å²) in [5.74, 6) is -0.215. The number of carboxylic acids is 1. The number of hydrogen-bond donors (Lipinski definition) is 2. The second kappa shape index (κ2) is 5.38. The summed E-state index contributed by atoms with van der Waals surface area (Å²) in [7, 11) is 0. The summed E-state index contributed by atoms with van der Waals surface area (Å²) in [6.07, 6.45) is 2.40. The fourth-order valence-electron chi connectivity index (χ4n) is 1.65. The molecule has 1 fully saturated rings. The Morgan fingerprint density at radius 2 is 2.29 bits per heavy atom. The van der Waals surface area contributed by atoms with Gasteiger partial charge in [-0.25, -0.2) is 0 Å². The molecular weight excluding hydrogens is 305 g/mol. The molecule has 3 nitrogen and oxygen atoms in total. The molecule has 1 aromatic carbocycles. The fraction of sp³-hybridized carbons (Fsp3) is 0.417. The van der Waals surface area contributed by atoms with E-state index in [1.165, 1.54) is 12.8 Å². The van der Waals surface area contributed by atoms with E-state index < -0.39 is 12.0 Å². The molecule has 1 saturated carbocycles. The Labute approximate surface area is 113 Å². The minimum atomic E-state index is -0.861. The van der Waals surface area contributed by atoms with Crippen LogP contribution < -0.4 is 5.32 Å². The zero-order valence-electron chi connectivity index (χ0n) is 9.12. The van der Waals surface area contributed by atoms with Gasteiger partial charge in [-0.05, 0) is 58.9 Å². The van der Waals surface area contributed by atoms with Crippen LogP contribution in [0.25, 0.3) is 0 Å². The zero-order chi connectivity index (χ0) is 12.4. The molecule has 1 unspecified atom stereocenters. The van der Waals surface area contributed by atoms with Gasteiger partial charge in [0.1, 0.15) is 6.04 Å². The summed E-state index contributed by atoms with van der Waals surface area (Å²) in [4.78, 5) is 11.2. The quantitative estimate of drug-likeness (QED) is 0.876. The van der Waals surface area contributed by atoms with E-state index in [0.717, 1.165) is 16.6 Å². The minimum absolute atomic E-state index is 0.583. The van der Waals surface area contributed by atoms with E-state index in [2.05, 4.69) is 21.2 Å². The van der Waals surface area contributed by atoms with Crippen LogP contribution in [0.15, 0.2) is 22.7 Å². The van der Waals surface area contributed by atoms with E-state index in [0.29, 0.717) is 10.9 Å². The van der Waals surface area contributed by atoms with E-state index in [1.54, 1.807) is 18.2 Å². The lowest BCUT2D eigenvalue weighted by Crippen LogP contribution is -2.30. The average Bonchev–Trinajstić information content (AvgIpc) is 3.07. The molecule has 1 aliphatic carbocycles. The van der Waals surface area contributed by atoms with E-state index in [1.807, 2.05) is 0 Å². The van der Waals surface area contributed by atoms with Crippen LogP contribution in [0.1, 0.15) is 24.4 Å². The van der Waals surface area contributed by atoms with Crippen LogP contribution in [-0.2, 0) is 4.79 Å². The minimum Gasteiger partial charge on any atom is -0.480 e. The van der Waals surface area contributed by atoms with Gasteiger partial charge in [-0.15, -0.1) is 0 Å². The summed E-state index contributed by atoms with van der Waals surface area (Å²) >= 11 is 9.19. The van der Waals surface area contributed by atoms with E-state index in [9.17, 15) is 9.90 Å². The molecule has 0 aliphatic heterocycles. The molecule has 2 N–H and O–H groups in total. The summed E-state index contributed by atoms with van der Waals surface area (Å²) in [6.45, 7) is 0.761. The molecule has 92 valence electrons. The van der Waals surface area contributed by atoms with Crippen molar-refractivity contribution in [1.82, 2.24) is 5.32 Å². The summed E-state index contributed by atoms with van der Waals surface area (Å²) in [5.41, 5.74) is 0.717. The molecule has 1 aliphatic rings. The number of carbonyl (C=O) groups is 1. The number of halogens is 2. The molecule has 17 heavy (non-hydrogen) atoms. The summed E-state index contributed by atoms with van der Waals surface area (Å²) < 4.78 is 0.719. The molecule has 2 rings (SSSR count).